The summed E-state index contributed by atoms with van der Waals surface area (Å²) in [6.07, 6.45) is 1.04. The molecule has 0 radical (unpaired) electrons. The zero-order valence-electron chi connectivity index (χ0n) is 10.2. The zero-order chi connectivity index (χ0) is 13.2. The minimum atomic E-state index is -0.514. The van der Waals surface area contributed by atoms with Crippen molar-refractivity contribution in [1.82, 2.24) is 0 Å². The summed E-state index contributed by atoms with van der Waals surface area (Å²) in [5.74, 6) is -1.01. The largest absolute Gasteiger partial charge is 0.207 e. The molecule has 0 saturated heterocycles. The third-order valence-electron chi connectivity index (χ3n) is 2.63. The Morgan fingerprint density at radius 1 is 1.35 bits per heavy atom. The van der Waals surface area contributed by atoms with Crippen LogP contribution in [-0.4, -0.2) is 5.38 Å². The molecule has 0 N–H and O–H groups in total. The second-order valence-electron chi connectivity index (χ2n) is 5.15. The molecule has 1 unspecified atom stereocenters. The van der Waals surface area contributed by atoms with Gasteiger partial charge in [0.15, 0.2) is 0 Å². The summed E-state index contributed by atoms with van der Waals surface area (Å²) in [5.41, 5.74) is -0.106. The van der Waals surface area contributed by atoms with E-state index in [1.807, 2.05) is 20.8 Å². The standard InChI is InChI=1S/C13H16BrClF2/c1-8(15)6-13(2,3)7-9-11(16)5-4-10(14)12(9)17/h4-5,8H,6-7H2,1-3H3. The van der Waals surface area contributed by atoms with Crippen LogP contribution in [-0.2, 0) is 6.42 Å². The van der Waals surface area contributed by atoms with Gasteiger partial charge in [0.25, 0.3) is 0 Å². The molecule has 0 amide bonds. The fraction of sp³-hybridized carbons (Fsp3) is 0.538. The Morgan fingerprint density at radius 2 is 1.94 bits per heavy atom. The first-order chi connectivity index (χ1) is 7.73. The lowest BCUT2D eigenvalue weighted by molar-refractivity contribution is 0.320. The first-order valence-corrected chi connectivity index (χ1v) is 6.72. The number of hydrogen-bond acceptors (Lipinski definition) is 0. The van der Waals surface area contributed by atoms with Crippen LogP contribution in [0.1, 0.15) is 32.8 Å². The molecule has 0 aliphatic carbocycles. The average Bonchev–Trinajstić information content (AvgIpc) is 2.17. The van der Waals surface area contributed by atoms with Crippen LogP contribution in [0.15, 0.2) is 16.6 Å². The number of benzene rings is 1. The second kappa shape index (κ2) is 5.66. The molecule has 0 aliphatic rings. The van der Waals surface area contributed by atoms with Gasteiger partial charge in [-0.1, -0.05) is 13.8 Å². The molecule has 0 spiro atoms. The van der Waals surface area contributed by atoms with Gasteiger partial charge in [-0.3, -0.25) is 0 Å². The monoisotopic (exact) mass is 324 g/mol. The average molecular weight is 326 g/mol. The van der Waals surface area contributed by atoms with Crippen LogP contribution in [0.4, 0.5) is 8.78 Å². The van der Waals surface area contributed by atoms with Crippen LogP contribution < -0.4 is 0 Å². The third-order valence-corrected chi connectivity index (χ3v) is 3.39. The van der Waals surface area contributed by atoms with Gasteiger partial charge in [-0.25, -0.2) is 8.78 Å². The highest BCUT2D eigenvalue weighted by atomic mass is 79.9. The van der Waals surface area contributed by atoms with Crippen molar-refractivity contribution in [2.45, 2.75) is 39.0 Å². The minimum Gasteiger partial charge on any atom is -0.207 e. The Morgan fingerprint density at radius 3 is 2.47 bits per heavy atom. The van der Waals surface area contributed by atoms with E-state index in [1.54, 1.807) is 0 Å². The van der Waals surface area contributed by atoms with E-state index in [-0.39, 0.29) is 16.4 Å². The molecule has 4 heteroatoms. The van der Waals surface area contributed by atoms with Crippen LogP contribution in [0.3, 0.4) is 0 Å². The van der Waals surface area contributed by atoms with E-state index in [4.69, 9.17) is 11.6 Å². The van der Waals surface area contributed by atoms with E-state index in [1.165, 1.54) is 12.1 Å². The van der Waals surface area contributed by atoms with Crippen molar-refractivity contribution < 1.29 is 8.78 Å². The Bertz CT molecular complexity index is 403. The molecule has 1 aromatic rings. The van der Waals surface area contributed by atoms with Gasteiger partial charge in [0.05, 0.1) is 4.47 Å². The normalized spacial score (nSPS) is 13.8. The maximum Gasteiger partial charge on any atom is 0.143 e. The number of alkyl halides is 1. The van der Waals surface area contributed by atoms with Gasteiger partial charge >= 0.3 is 0 Å². The van der Waals surface area contributed by atoms with Crippen LogP contribution in [0, 0.1) is 17.0 Å². The Labute approximate surface area is 114 Å². The smallest absolute Gasteiger partial charge is 0.143 e. The van der Waals surface area contributed by atoms with E-state index < -0.39 is 11.6 Å². The van der Waals surface area contributed by atoms with Crippen LogP contribution in [0.2, 0.25) is 0 Å². The maximum absolute atomic E-state index is 13.8. The van der Waals surface area contributed by atoms with Crippen molar-refractivity contribution >= 4 is 27.5 Å². The van der Waals surface area contributed by atoms with Gasteiger partial charge in [0, 0.05) is 10.9 Å². The number of rotatable bonds is 4. The van der Waals surface area contributed by atoms with Gasteiger partial charge < -0.3 is 0 Å². The van der Waals surface area contributed by atoms with Crippen molar-refractivity contribution in [3.63, 3.8) is 0 Å². The lowest BCUT2D eigenvalue weighted by Crippen LogP contribution is -2.20. The number of halogens is 4. The molecule has 0 nitrogen and oxygen atoms in total. The first-order valence-electron chi connectivity index (χ1n) is 5.49. The molecular formula is C13H16BrClF2. The lowest BCUT2D eigenvalue weighted by Gasteiger charge is -2.26. The highest BCUT2D eigenvalue weighted by Gasteiger charge is 2.25. The highest BCUT2D eigenvalue weighted by Crippen LogP contribution is 2.32. The fourth-order valence-corrected chi connectivity index (χ4v) is 2.83. The fourth-order valence-electron chi connectivity index (χ4n) is 2.04. The molecular weight excluding hydrogens is 309 g/mol. The maximum atomic E-state index is 13.8. The van der Waals surface area contributed by atoms with Crippen molar-refractivity contribution in [2.24, 2.45) is 5.41 Å². The van der Waals surface area contributed by atoms with E-state index in [9.17, 15) is 8.78 Å². The summed E-state index contributed by atoms with van der Waals surface area (Å²) in [6.45, 7) is 5.81. The molecule has 0 aliphatic heterocycles. The Hall–Kier alpha value is -0.150. The summed E-state index contributed by atoms with van der Waals surface area (Å²) >= 11 is 9.01. The van der Waals surface area contributed by atoms with Gasteiger partial charge in [-0.05, 0) is 53.2 Å². The van der Waals surface area contributed by atoms with E-state index in [2.05, 4.69) is 15.9 Å². The zero-order valence-corrected chi connectivity index (χ0v) is 12.5. The quantitative estimate of drug-likeness (QED) is 0.519. The second-order valence-corrected chi connectivity index (χ2v) is 6.75. The predicted molar refractivity (Wildman–Crippen MR) is 71.5 cm³/mol. The summed E-state index contributed by atoms with van der Waals surface area (Å²) in [6, 6.07) is 2.66. The molecule has 0 aromatic heterocycles. The molecule has 17 heavy (non-hydrogen) atoms. The summed E-state index contributed by atoms with van der Waals surface area (Å²) < 4.78 is 27.7. The van der Waals surface area contributed by atoms with Gasteiger partial charge in [-0.2, -0.15) is 0 Å². The summed E-state index contributed by atoms with van der Waals surface area (Å²) in [4.78, 5) is 0. The molecule has 1 aromatic carbocycles. The number of hydrogen-bond donors (Lipinski definition) is 0. The molecule has 0 saturated carbocycles. The van der Waals surface area contributed by atoms with Crippen molar-refractivity contribution in [3.8, 4) is 0 Å². The minimum absolute atomic E-state index is 0.0109. The molecule has 0 fully saturated rings. The van der Waals surface area contributed by atoms with Gasteiger partial charge in [-0.15, -0.1) is 11.6 Å². The van der Waals surface area contributed by atoms with Crippen LogP contribution in [0.25, 0.3) is 0 Å². The summed E-state index contributed by atoms with van der Waals surface area (Å²) in [7, 11) is 0. The first kappa shape index (κ1) is 14.9. The predicted octanol–water partition coefficient (Wildman–Crippen LogP) is 5.31. The van der Waals surface area contributed by atoms with E-state index >= 15 is 0 Å². The van der Waals surface area contributed by atoms with E-state index in [0.717, 1.165) is 0 Å². The third kappa shape index (κ3) is 4.22. The molecule has 0 bridgehead atoms. The summed E-state index contributed by atoms with van der Waals surface area (Å²) in [5, 5.41) is -0.0109. The SMILES string of the molecule is CC(Cl)CC(C)(C)Cc1c(F)ccc(Br)c1F. The van der Waals surface area contributed by atoms with Crippen molar-refractivity contribution in [1.29, 1.82) is 0 Å². The van der Waals surface area contributed by atoms with Crippen LogP contribution in [0.5, 0.6) is 0 Å². The Kier molecular flexibility index (Phi) is 4.96. The highest BCUT2D eigenvalue weighted by molar-refractivity contribution is 9.10. The molecule has 0 heterocycles. The van der Waals surface area contributed by atoms with Crippen LogP contribution >= 0.6 is 27.5 Å². The van der Waals surface area contributed by atoms with Gasteiger partial charge in [0.1, 0.15) is 11.6 Å². The van der Waals surface area contributed by atoms with Crippen molar-refractivity contribution in [3.05, 3.63) is 33.8 Å². The van der Waals surface area contributed by atoms with Gasteiger partial charge in [0.2, 0.25) is 0 Å². The molecule has 96 valence electrons. The lowest BCUT2D eigenvalue weighted by atomic mass is 9.81. The molecule has 1 rings (SSSR count). The molecule has 1 atom stereocenters. The Balaban J connectivity index is 2.99. The topological polar surface area (TPSA) is 0 Å². The van der Waals surface area contributed by atoms with Crippen molar-refractivity contribution in [2.75, 3.05) is 0 Å². The van der Waals surface area contributed by atoms with E-state index in [0.29, 0.717) is 17.3 Å².